The minimum atomic E-state index is -1.43. The van der Waals surface area contributed by atoms with Crippen LogP contribution >= 0.6 is 0 Å². The second-order valence-electron chi connectivity index (χ2n) is 13.6. The van der Waals surface area contributed by atoms with Crippen LogP contribution in [0.5, 0.6) is 5.75 Å². The van der Waals surface area contributed by atoms with Crippen LogP contribution in [-0.2, 0) is 16.0 Å². The summed E-state index contributed by atoms with van der Waals surface area (Å²) in [5, 5.41) is 41.6. The van der Waals surface area contributed by atoms with E-state index in [2.05, 4.69) is 5.32 Å². The predicted octanol–water partition coefficient (Wildman–Crippen LogP) is 1.93. The Labute approximate surface area is 265 Å². The first-order valence-corrected chi connectivity index (χ1v) is 16.4. The number of benzene rings is 1. The maximum Gasteiger partial charge on any atom is 0.410 e. The van der Waals surface area contributed by atoms with E-state index in [1.807, 2.05) is 18.7 Å². The molecule has 3 fully saturated rings. The number of halogens is 1. The number of carbonyl (C=O) groups excluding carboxylic acids is 2. The lowest BCUT2D eigenvalue weighted by Gasteiger charge is -2.40. The molecule has 1 saturated carbocycles. The maximum absolute atomic E-state index is 14.8. The Bertz CT molecular complexity index is 1130. The minimum absolute atomic E-state index is 0.0169. The van der Waals surface area contributed by atoms with Crippen LogP contribution in [0.25, 0.3) is 0 Å². The zero-order valence-electron chi connectivity index (χ0n) is 26.9. The van der Waals surface area contributed by atoms with E-state index >= 15 is 0 Å². The number of hydrogen-bond donors (Lipinski definition) is 5. The monoisotopic (exact) mass is 637 g/mol. The van der Waals surface area contributed by atoms with E-state index in [9.17, 15) is 29.3 Å². The van der Waals surface area contributed by atoms with Crippen LogP contribution in [0.1, 0.15) is 58.4 Å². The van der Waals surface area contributed by atoms with Gasteiger partial charge in [0.2, 0.25) is 5.91 Å². The van der Waals surface area contributed by atoms with Crippen molar-refractivity contribution in [3.8, 4) is 5.75 Å². The van der Waals surface area contributed by atoms with E-state index in [1.165, 1.54) is 12.5 Å². The predicted molar refractivity (Wildman–Crippen MR) is 165 cm³/mol. The summed E-state index contributed by atoms with van der Waals surface area (Å²) in [7, 11) is 0. The van der Waals surface area contributed by atoms with Gasteiger partial charge < -0.3 is 45.0 Å². The standard InChI is InChI=1S/C33H52FN3O8/c1-21(2)45-32(43)36-10-8-33(9-11-36)15-25(33)5-4-12-44-26-7-6-24(27(34)14-26)13-29(40)37-18-23(19-37)17-35-16-22(3)30(41)31(42)28(39)20-38/h6-7,14,21-23,25,28,30-31,35,38-39,41-42H,4-5,8-13,15-20H2,1-3H3/t22?,25?,28-,30?,31-/m1/s1. The number of hydrogen-bond acceptors (Lipinski definition) is 9. The third kappa shape index (κ3) is 9.51. The molecule has 1 aromatic carbocycles. The van der Waals surface area contributed by atoms with E-state index in [0.717, 1.165) is 38.8 Å². The number of ether oxygens (including phenoxy) is 2. The lowest BCUT2D eigenvalue weighted by Crippen LogP contribution is -2.54. The van der Waals surface area contributed by atoms with Crippen LogP contribution in [0.4, 0.5) is 9.18 Å². The first kappa shape index (κ1) is 35.3. The Balaban J connectivity index is 1.08. The van der Waals surface area contributed by atoms with Crippen LogP contribution in [0, 0.1) is 29.0 Å². The van der Waals surface area contributed by atoms with Crippen molar-refractivity contribution in [1.29, 1.82) is 0 Å². The Hall–Kier alpha value is -2.51. The Morgan fingerprint density at radius 1 is 1.09 bits per heavy atom. The van der Waals surface area contributed by atoms with E-state index in [1.54, 1.807) is 24.0 Å². The van der Waals surface area contributed by atoms with Gasteiger partial charge in [-0.05, 0) is 74.8 Å². The maximum atomic E-state index is 14.8. The molecule has 45 heavy (non-hydrogen) atoms. The minimum Gasteiger partial charge on any atom is -0.493 e. The van der Waals surface area contributed by atoms with Crippen molar-refractivity contribution in [2.75, 3.05) is 52.5 Å². The lowest BCUT2D eigenvalue weighted by molar-refractivity contribution is -0.136. The number of carbonyl (C=O) groups is 2. The average Bonchev–Trinajstić information content (AvgIpc) is 3.66. The van der Waals surface area contributed by atoms with Crippen LogP contribution in [0.3, 0.4) is 0 Å². The number of aliphatic hydroxyl groups excluding tert-OH is 4. The van der Waals surface area contributed by atoms with Gasteiger partial charge in [-0.3, -0.25) is 4.79 Å². The molecule has 4 rings (SSSR count). The molecule has 11 nitrogen and oxygen atoms in total. The van der Waals surface area contributed by atoms with Gasteiger partial charge in [-0.1, -0.05) is 13.0 Å². The quantitative estimate of drug-likeness (QED) is 0.171. The molecule has 5 N–H and O–H groups in total. The van der Waals surface area contributed by atoms with Crippen molar-refractivity contribution < 1.29 is 43.9 Å². The first-order chi connectivity index (χ1) is 21.4. The highest BCUT2D eigenvalue weighted by Gasteiger charge is 2.54. The Kier molecular flexibility index (Phi) is 12.5. The molecule has 3 unspecified atom stereocenters. The van der Waals surface area contributed by atoms with Gasteiger partial charge >= 0.3 is 6.09 Å². The van der Waals surface area contributed by atoms with Crippen molar-refractivity contribution >= 4 is 12.0 Å². The first-order valence-electron chi connectivity index (χ1n) is 16.4. The van der Waals surface area contributed by atoms with Gasteiger partial charge in [-0.25, -0.2) is 9.18 Å². The molecule has 3 aliphatic rings. The SMILES string of the molecule is CC(C)OC(=O)N1CCC2(CC1)CC2CCCOc1ccc(CC(=O)N2CC(CNCC(C)C(O)[C@H](O)[C@H](O)CO)C2)c(F)c1. The third-order valence-corrected chi connectivity index (χ3v) is 9.77. The summed E-state index contributed by atoms with van der Waals surface area (Å²) < 4.78 is 25.9. The lowest BCUT2D eigenvalue weighted by atomic mass is 9.90. The molecule has 1 aromatic rings. The molecular formula is C33H52FN3O8. The largest absolute Gasteiger partial charge is 0.493 e. The summed E-state index contributed by atoms with van der Waals surface area (Å²) in [6.07, 6.45) is 0.818. The Morgan fingerprint density at radius 3 is 2.44 bits per heavy atom. The molecule has 12 heteroatoms. The fourth-order valence-electron chi connectivity index (χ4n) is 6.63. The second kappa shape index (κ2) is 15.9. The highest BCUT2D eigenvalue weighted by atomic mass is 19.1. The molecule has 2 heterocycles. The highest BCUT2D eigenvalue weighted by Crippen LogP contribution is 2.61. The number of rotatable bonds is 16. The van der Waals surface area contributed by atoms with Gasteiger partial charge in [0.25, 0.3) is 0 Å². The van der Waals surface area contributed by atoms with E-state index < -0.39 is 30.7 Å². The second-order valence-corrected chi connectivity index (χ2v) is 13.6. The van der Waals surface area contributed by atoms with Crippen molar-refractivity contribution in [3.63, 3.8) is 0 Å². The molecule has 0 radical (unpaired) electrons. The number of likely N-dealkylation sites (tertiary alicyclic amines) is 2. The van der Waals surface area contributed by atoms with Crippen LogP contribution in [-0.4, -0.2) is 119 Å². The highest BCUT2D eigenvalue weighted by molar-refractivity contribution is 5.79. The van der Waals surface area contributed by atoms with E-state index in [0.29, 0.717) is 55.4 Å². The van der Waals surface area contributed by atoms with Gasteiger partial charge in [0.05, 0.1) is 31.8 Å². The van der Waals surface area contributed by atoms with Crippen molar-refractivity contribution in [3.05, 3.63) is 29.6 Å². The Morgan fingerprint density at radius 2 is 1.80 bits per heavy atom. The number of nitrogens with zero attached hydrogens (tertiary/aromatic N) is 2. The van der Waals surface area contributed by atoms with Gasteiger partial charge in [0.1, 0.15) is 23.8 Å². The summed E-state index contributed by atoms with van der Waals surface area (Å²) in [5.41, 5.74) is 0.685. The van der Waals surface area contributed by atoms with Crippen molar-refractivity contribution in [2.24, 2.45) is 23.2 Å². The van der Waals surface area contributed by atoms with Crippen LogP contribution < -0.4 is 10.1 Å². The van der Waals surface area contributed by atoms with Crippen LogP contribution in [0.15, 0.2) is 18.2 Å². The topological polar surface area (TPSA) is 152 Å². The average molecular weight is 638 g/mol. The molecule has 0 bridgehead atoms. The molecule has 2 aliphatic heterocycles. The molecule has 5 atom stereocenters. The zero-order valence-corrected chi connectivity index (χ0v) is 26.9. The van der Waals surface area contributed by atoms with Crippen LogP contribution in [0.2, 0.25) is 0 Å². The summed E-state index contributed by atoms with van der Waals surface area (Å²) >= 11 is 0. The van der Waals surface area contributed by atoms with Crippen molar-refractivity contribution in [2.45, 2.75) is 83.7 Å². The number of aliphatic hydroxyl groups is 4. The van der Waals surface area contributed by atoms with E-state index in [4.69, 9.17) is 14.6 Å². The molecule has 2 amide bonds. The summed E-state index contributed by atoms with van der Waals surface area (Å²) in [6.45, 7) is 8.97. The molecule has 254 valence electrons. The summed E-state index contributed by atoms with van der Waals surface area (Å²) in [4.78, 5) is 28.3. The summed E-state index contributed by atoms with van der Waals surface area (Å²) in [5.74, 6) is 0.401. The molecular weight excluding hydrogens is 585 g/mol. The molecule has 1 spiro atoms. The fourth-order valence-corrected chi connectivity index (χ4v) is 6.63. The smallest absolute Gasteiger partial charge is 0.410 e. The van der Waals surface area contributed by atoms with Gasteiger partial charge in [0.15, 0.2) is 0 Å². The normalized spacial score (nSPS) is 22.1. The number of nitrogens with one attached hydrogen (secondary N) is 1. The summed E-state index contributed by atoms with van der Waals surface area (Å²) in [6, 6.07) is 4.68. The fraction of sp³-hybridized carbons (Fsp3) is 0.758. The van der Waals surface area contributed by atoms with Gasteiger partial charge in [-0.15, -0.1) is 0 Å². The van der Waals surface area contributed by atoms with Gasteiger partial charge in [0, 0.05) is 51.3 Å². The molecule has 0 aromatic heterocycles. The van der Waals surface area contributed by atoms with Crippen molar-refractivity contribution in [1.82, 2.24) is 15.1 Å². The number of amides is 2. The third-order valence-electron chi connectivity index (χ3n) is 9.77. The number of piperidine rings is 1. The van der Waals surface area contributed by atoms with E-state index in [-0.39, 0.29) is 36.4 Å². The molecule has 1 aliphatic carbocycles. The zero-order chi connectivity index (χ0) is 32.7. The van der Waals surface area contributed by atoms with Gasteiger partial charge in [-0.2, -0.15) is 0 Å². The molecule has 2 saturated heterocycles.